The van der Waals surface area contributed by atoms with Gasteiger partial charge in [-0.15, -0.1) is 0 Å². The Labute approximate surface area is 85.0 Å². The molecule has 0 N–H and O–H groups in total. The van der Waals surface area contributed by atoms with E-state index in [1.807, 2.05) is 12.1 Å². The molecule has 13 heavy (non-hydrogen) atoms. The highest BCUT2D eigenvalue weighted by molar-refractivity contribution is 8.14. The third-order valence-electron chi connectivity index (χ3n) is 1.74. The molecule has 0 aromatic heterocycles. The van der Waals surface area contributed by atoms with Crippen LogP contribution in [0.4, 0.5) is 4.79 Å². The van der Waals surface area contributed by atoms with Gasteiger partial charge in [0.15, 0.2) is 0 Å². The van der Waals surface area contributed by atoms with Crippen molar-refractivity contribution in [1.29, 1.82) is 0 Å². The molecule has 4 heteroatoms. The average Bonchev–Trinajstić information content (AvgIpc) is 2.53. The number of aliphatic imine (C=N–C) groups is 1. The molecule has 2 nitrogen and oxygen atoms in total. The zero-order chi connectivity index (χ0) is 9.26. The van der Waals surface area contributed by atoms with Crippen LogP contribution in [-0.4, -0.2) is 16.7 Å². The van der Waals surface area contributed by atoms with E-state index >= 15 is 0 Å². The van der Waals surface area contributed by atoms with Gasteiger partial charge in [0.1, 0.15) is 0 Å². The van der Waals surface area contributed by atoms with Gasteiger partial charge < -0.3 is 0 Å². The van der Waals surface area contributed by atoms with E-state index in [1.165, 1.54) is 11.8 Å². The van der Waals surface area contributed by atoms with E-state index in [0.29, 0.717) is 10.8 Å². The van der Waals surface area contributed by atoms with Crippen molar-refractivity contribution in [3.8, 4) is 0 Å². The van der Waals surface area contributed by atoms with Crippen molar-refractivity contribution in [2.24, 2.45) is 4.99 Å². The van der Waals surface area contributed by atoms with Crippen LogP contribution in [0.2, 0.25) is 5.02 Å². The third-order valence-corrected chi connectivity index (χ3v) is 2.74. The first-order valence-corrected chi connectivity index (χ1v) is 5.12. The fraction of sp³-hybridized carbons (Fsp3) is 0.111. The maximum absolute atomic E-state index is 10.8. The van der Waals surface area contributed by atoms with Crippen LogP contribution in [-0.2, 0) is 0 Å². The highest BCUT2D eigenvalue weighted by Gasteiger charge is 2.15. The van der Waals surface area contributed by atoms with Gasteiger partial charge in [-0.25, -0.2) is 4.99 Å². The number of benzene rings is 1. The largest absolute Gasteiger partial charge is 0.305 e. The average molecular weight is 212 g/mol. The minimum atomic E-state index is -0.107. The molecule has 0 unspecified atom stereocenters. The predicted octanol–water partition coefficient (Wildman–Crippen LogP) is 3.00. The standard InChI is InChI=1S/C9H6ClNOS/c10-7-3-1-6(2-4-7)8-5-13-9(12)11-8/h1-4H,5H2. The molecular weight excluding hydrogens is 206 g/mol. The van der Waals surface area contributed by atoms with Crippen molar-refractivity contribution in [2.75, 3.05) is 5.75 Å². The molecule has 0 bridgehead atoms. The van der Waals surface area contributed by atoms with Crippen LogP contribution in [0, 0.1) is 0 Å². The van der Waals surface area contributed by atoms with Crippen LogP contribution in [0.3, 0.4) is 0 Å². The summed E-state index contributed by atoms with van der Waals surface area (Å²) in [5.41, 5.74) is 1.81. The molecule has 0 fully saturated rings. The molecule has 1 heterocycles. The van der Waals surface area contributed by atoms with Gasteiger partial charge in [0.05, 0.1) is 5.71 Å². The lowest BCUT2D eigenvalue weighted by molar-refractivity contribution is 0.268. The normalized spacial score (nSPS) is 16.1. The first-order chi connectivity index (χ1) is 6.25. The first-order valence-electron chi connectivity index (χ1n) is 3.76. The predicted molar refractivity (Wildman–Crippen MR) is 55.8 cm³/mol. The highest BCUT2D eigenvalue weighted by atomic mass is 35.5. The van der Waals surface area contributed by atoms with Crippen LogP contribution in [0.15, 0.2) is 29.3 Å². The maximum Gasteiger partial charge on any atom is 0.305 e. The molecule has 1 aromatic carbocycles. The molecule has 1 aromatic rings. The van der Waals surface area contributed by atoms with E-state index in [-0.39, 0.29) is 5.24 Å². The second kappa shape index (κ2) is 3.52. The third kappa shape index (κ3) is 1.92. The maximum atomic E-state index is 10.8. The lowest BCUT2D eigenvalue weighted by Crippen LogP contribution is -1.98. The van der Waals surface area contributed by atoms with Crippen LogP contribution < -0.4 is 0 Å². The molecule has 0 saturated carbocycles. The number of carbonyl (C=O) groups is 1. The second-order valence-electron chi connectivity index (χ2n) is 2.62. The monoisotopic (exact) mass is 211 g/mol. The SMILES string of the molecule is O=C1N=C(c2ccc(Cl)cc2)CS1. The lowest BCUT2D eigenvalue weighted by Gasteiger charge is -1.97. The Balaban J connectivity index is 2.31. The summed E-state index contributed by atoms with van der Waals surface area (Å²) in [5, 5.41) is 0.589. The van der Waals surface area contributed by atoms with Gasteiger partial charge in [-0.3, -0.25) is 4.79 Å². The number of rotatable bonds is 1. The highest BCUT2D eigenvalue weighted by Crippen LogP contribution is 2.19. The molecule has 0 aliphatic carbocycles. The molecular formula is C9H6ClNOS. The molecule has 0 radical (unpaired) electrons. The summed E-state index contributed by atoms with van der Waals surface area (Å²) in [6.45, 7) is 0. The van der Waals surface area contributed by atoms with Gasteiger partial charge in [0.25, 0.3) is 0 Å². The van der Waals surface area contributed by atoms with Gasteiger partial charge >= 0.3 is 5.24 Å². The van der Waals surface area contributed by atoms with E-state index in [9.17, 15) is 4.79 Å². The lowest BCUT2D eigenvalue weighted by atomic mass is 10.1. The van der Waals surface area contributed by atoms with E-state index in [4.69, 9.17) is 11.6 Å². The number of amides is 1. The van der Waals surface area contributed by atoms with Crippen molar-refractivity contribution < 1.29 is 4.79 Å². The van der Waals surface area contributed by atoms with Crippen LogP contribution in [0.5, 0.6) is 0 Å². The molecule has 1 aliphatic heterocycles. The van der Waals surface area contributed by atoms with Crippen LogP contribution in [0.1, 0.15) is 5.56 Å². The minimum Gasteiger partial charge on any atom is -0.259 e. The topological polar surface area (TPSA) is 29.4 Å². The summed E-state index contributed by atoms with van der Waals surface area (Å²) in [6, 6.07) is 7.35. The van der Waals surface area contributed by atoms with E-state index in [1.54, 1.807) is 12.1 Å². The van der Waals surface area contributed by atoms with E-state index in [0.717, 1.165) is 11.3 Å². The van der Waals surface area contributed by atoms with Gasteiger partial charge in [-0.2, -0.15) is 0 Å². The zero-order valence-corrected chi connectivity index (χ0v) is 8.23. The fourth-order valence-corrected chi connectivity index (χ4v) is 1.89. The molecule has 1 amide bonds. The number of thioether (sulfide) groups is 1. The van der Waals surface area contributed by atoms with Crippen molar-refractivity contribution in [2.45, 2.75) is 0 Å². The smallest absolute Gasteiger partial charge is 0.259 e. The number of nitrogens with zero attached hydrogens (tertiary/aromatic N) is 1. The number of hydrogen-bond donors (Lipinski definition) is 0. The Kier molecular flexibility index (Phi) is 2.38. The molecule has 0 atom stereocenters. The molecule has 1 aliphatic rings. The van der Waals surface area contributed by atoms with Gasteiger partial charge in [-0.1, -0.05) is 35.5 Å². The number of halogens is 1. The Morgan fingerprint density at radius 2 is 2.00 bits per heavy atom. The molecule has 66 valence electrons. The second-order valence-corrected chi connectivity index (χ2v) is 3.98. The summed E-state index contributed by atoms with van der Waals surface area (Å²) >= 11 is 6.96. The summed E-state index contributed by atoms with van der Waals surface area (Å²) in [4.78, 5) is 14.7. The van der Waals surface area contributed by atoms with Gasteiger partial charge in [0.2, 0.25) is 0 Å². The van der Waals surface area contributed by atoms with Crippen molar-refractivity contribution >= 4 is 34.3 Å². The Morgan fingerprint density at radius 3 is 2.54 bits per heavy atom. The van der Waals surface area contributed by atoms with Crippen LogP contribution in [0.25, 0.3) is 0 Å². The Morgan fingerprint density at radius 1 is 1.31 bits per heavy atom. The Bertz CT molecular complexity index is 372. The van der Waals surface area contributed by atoms with E-state index in [2.05, 4.69) is 4.99 Å². The van der Waals surface area contributed by atoms with Gasteiger partial charge in [-0.05, 0) is 17.7 Å². The fourth-order valence-electron chi connectivity index (χ4n) is 1.09. The summed E-state index contributed by atoms with van der Waals surface area (Å²) in [5.74, 6) is 0.667. The number of hydrogen-bond acceptors (Lipinski definition) is 2. The Hall–Kier alpha value is -0.800. The van der Waals surface area contributed by atoms with Crippen molar-refractivity contribution in [3.63, 3.8) is 0 Å². The molecule has 0 spiro atoms. The summed E-state index contributed by atoms with van der Waals surface area (Å²) in [6.07, 6.45) is 0. The van der Waals surface area contributed by atoms with Gasteiger partial charge in [0, 0.05) is 10.8 Å². The van der Waals surface area contributed by atoms with E-state index < -0.39 is 0 Å². The first kappa shape index (κ1) is 8.78. The molecule has 0 saturated heterocycles. The quantitative estimate of drug-likeness (QED) is 0.715. The van der Waals surface area contributed by atoms with Crippen LogP contribution >= 0.6 is 23.4 Å². The molecule has 2 rings (SSSR count). The minimum absolute atomic E-state index is 0.107. The number of carbonyl (C=O) groups excluding carboxylic acids is 1. The zero-order valence-electron chi connectivity index (χ0n) is 6.66. The summed E-state index contributed by atoms with van der Waals surface area (Å²) < 4.78 is 0. The van der Waals surface area contributed by atoms with Crippen molar-refractivity contribution in [1.82, 2.24) is 0 Å². The van der Waals surface area contributed by atoms with Crippen molar-refractivity contribution in [3.05, 3.63) is 34.9 Å². The summed E-state index contributed by atoms with van der Waals surface area (Å²) in [7, 11) is 0.